The molecule has 1 aromatic carbocycles. The third-order valence-corrected chi connectivity index (χ3v) is 6.65. The van der Waals surface area contributed by atoms with Crippen LogP contribution in [0, 0.1) is 5.92 Å². The Balaban J connectivity index is 1.58. The van der Waals surface area contributed by atoms with E-state index in [1.54, 1.807) is 6.07 Å². The second kappa shape index (κ2) is 9.50. The van der Waals surface area contributed by atoms with Gasteiger partial charge in [-0.2, -0.15) is 0 Å². The summed E-state index contributed by atoms with van der Waals surface area (Å²) < 4.78 is 17.5. The summed E-state index contributed by atoms with van der Waals surface area (Å²) in [7, 11) is 0. The average Bonchev–Trinajstić information content (AvgIpc) is 3.36. The number of hydrogen-bond acceptors (Lipinski definition) is 5. The van der Waals surface area contributed by atoms with Gasteiger partial charge in [0, 0.05) is 28.6 Å². The molecular weight excluding hydrogens is 475 g/mol. The number of aliphatic hydroxyl groups is 1. The molecule has 0 bridgehead atoms. The van der Waals surface area contributed by atoms with Crippen molar-refractivity contribution in [2.45, 2.75) is 51.0 Å². The normalized spacial score (nSPS) is 23.8. The van der Waals surface area contributed by atoms with Crippen LogP contribution in [0.15, 0.2) is 59.7 Å². The molecule has 2 aromatic heterocycles. The lowest BCUT2D eigenvalue weighted by Crippen LogP contribution is -2.32. The van der Waals surface area contributed by atoms with Crippen LogP contribution in [0.5, 0.6) is 0 Å². The van der Waals surface area contributed by atoms with Crippen molar-refractivity contribution in [1.29, 1.82) is 0 Å². The van der Waals surface area contributed by atoms with Gasteiger partial charge in [0.2, 0.25) is 0 Å². The molecule has 168 valence electrons. The van der Waals surface area contributed by atoms with E-state index in [2.05, 4.69) is 50.3 Å². The number of benzene rings is 1. The summed E-state index contributed by atoms with van der Waals surface area (Å²) in [6.07, 6.45) is 5.38. The van der Waals surface area contributed by atoms with Gasteiger partial charge in [-0.05, 0) is 42.5 Å². The van der Waals surface area contributed by atoms with Crippen LogP contribution in [-0.4, -0.2) is 43.7 Å². The molecule has 6 nitrogen and oxygen atoms in total. The van der Waals surface area contributed by atoms with Gasteiger partial charge in [-0.15, -0.1) is 0 Å². The van der Waals surface area contributed by atoms with E-state index >= 15 is 0 Å². The van der Waals surface area contributed by atoms with Crippen molar-refractivity contribution in [2.24, 2.45) is 5.92 Å². The SMILES string of the molecule is CC[C@@H](c1cccc(Br)c1)n1ccc(C(=O)c2cncnc2N[C@@H]2C[C@@H](C)[C@@H](O)[C@@H]2F)c1. The van der Waals surface area contributed by atoms with E-state index < -0.39 is 18.3 Å². The first-order chi connectivity index (χ1) is 15.4. The van der Waals surface area contributed by atoms with Gasteiger partial charge in [-0.25, -0.2) is 14.4 Å². The zero-order valence-electron chi connectivity index (χ0n) is 18.0. The zero-order chi connectivity index (χ0) is 22.8. The molecule has 1 aliphatic rings. The molecular formula is C24H26BrFN4O2. The summed E-state index contributed by atoms with van der Waals surface area (Å²) in [5.74, 6) is -0.120. The standard InChI is InChI=1S/C24H26BrFN4O2/c1-3-20(15-5-4-6-17(25)10-15)30-8-7-16(12-30)23(32)18-11-27-13-28-24(18)29-19-9-14(2)22(31)21(19)26/h4-8,10-14,19-22,31H,3,9H2,1-2H3,(H,27,28,29)/t14-,19-,20+,21-,22-/m1/s1. The van der Waals surface area contributed by atoms with Crippen LogP contribution in [0.25, 0.3) is 0 Å². The summed E-state index contributed by atoms with van der Waals surface area (Å²) in [5, 5.41) is 13.0. The molecule has 2 N–H and O–H groups in total. The van der Waals surface area contributed by atoms with E-state index in [4.69, 9.17) is 0 Å². The number of anilines is 1. The number of halogens is 2. The van der Waals surface area contributed by atoms with E-state index in [-0.39, 0.29) is 29.1 Å². The monoisotopic (exact) mass is 500 g/mol. The van der Waals surface area contributed by atoms with Crippen molar-refractivity contribution < 1.29 is 14.3 Å². The number of hydrogen-bond donors (Lipinski definition) is 2. The number of carbonyl (C=O) groups is 1. The highest BCUT2D eigenvalue weighted by atomic mass is 79.9. The van der Waals surface area contributed by atoms with Gasteiger partial charge < -0.3 is 15.0 Å². The van der Waals surface area contributed by atoms with Crippen LogP contribution in [0.2, 0.25) is 0 Å². The van der Waals surface area contributed by atoms with E-state index in [1.807, 2.05) is 36.0 Å². The Morgan fingerprint density at radius 2 is 2.22 bits per heavy atom. The fraction of sp³-hybridized carbons (Fsp3) is 0.375. The number of aliphatic hydroxyl groups excluding tert-OH is 1. The third kappa shape index (κ3) is 4.47. The minimum absolute atomic E-state index is 0.0902. The van der Waals surface area contributed by atoms with E-state index in [0.29, 0.717) is 12.0 Å². The maximum absolute atomic E-state index is 14.4. The summed E-state index contributed by atoms with van der Waals surface area (Å²) in [4.78, 5) is 21.5. The van der Waals surface area contributed by atoms with Gasteiger partial charge in [0.05, 0.1) is 23.8 Å². The molecule has 1 aliphatic carbocycles. The molecule has 0 unspecified atom stereocenters. The Labute approximate surface area is 195 Å². The number of alkyl halides is 1. The van der Waals surface area contributed by atoms with Crippen LogP contribution in [0.4, 0.5) is 10.2 Å². The van der Waals surface area contributed by atoms with Crippen LogP contribution in [0.3, 0.4) is 0 Å². The van der Waals surface area contributed by atoms with E-state index in [0.717, 1.165) is 16.5 Å². The van der Waals surface area contributed by atoms with Crippen molar-refractivity contribution >= 4 is 27.5 Å². The number of carbonyl (C=O) groups excluding carboxylic acids is 1. The summed E-state index contributed by atoms with van der Waals surface area (Å²) in [6, 6.07) is 9.39. The summed E-state index contributed by atoms with van der Waals surface area (Å²) >= 11 is 3.52. The predicted octanol–water partition coefficient (Wildman–Crippen LogP) is 4.79. The third-order valence-electron chi connectivity index (χ3n) is 6.15. The Morgan fingerprint density at radius 1 is 1.41 bits per heavy atom. The Bertz CT molecular complexity index is 1100. The molecule has 0 radical (unpaired) electrons. The highest BCUT2D eigenvalue weighted by molar-refractivity contribution is 9.10. The summed E-state index contributed by atoms with van der Waals surface area (Å²) in [6.45, 7) is 3.91. The predicted molar refractivity (Wildman–Crippen MR) is 125 cm³/mol. The van der Waals surface area contributed by atoms with Gasteiger partial charge in [-0.1, -0.05) is 41.9 Å². The van der Waals surface area contributed by atoms with Gasteiger partial charge >= 0.3 is 0 Å². The smallest absolute Gasteiger partial charge is 0.199 e. The first kappa shape index (κ1) is 22.6. The highest BCUT2D eigenvalue weighted by Crippen LogP contribution is 2.32. The molecule has 0 saturated heterocycles. The fourth-order valence-electron chi connectivity index (χ4n) is 4.38. The Kier molecular flexibility index (Phi) is 6.71. The average molecular weight is 501 g/mol. The molecule has 0 spiro atoms. The summed E-state index contributed by atoms with van der Waals surface area (Å²) in [5.41, 5.74) is 1.93. The molecule has 4 rings (SSSR count). The quantitative estimate of drug-likeness (QED) is 0.455. The minimum atomic E-state index is -1.42. The zero-order valence-corrected chi connectivity index (χ0v) is 19.5. The molecule has 0 aliphatic heterocycles. The Morgan fingerprint density at radius 3 is 2.91 bits per heavy atom. The lowest BCUT2D eigenvalue weighted by atomic mass is 10.0. The lowest BCUT2D eigenvalue weighted by molar-refractivity contribution is 0.0725. The van der Waals surface area contributed by atoms with E-state index in [9.17, 15) is 14.3 Å². The molecule has 5 atom stereocenters. The minimum Gasteiger partial charge on any atom is -0.390 e. The number of aromatic nitrogens is 3. The maximum atomic E-state index is 14.4. The number of nitrogens with one attached hydrogen (secondary N) is 1. The molecule has 1 saturated carbocycles. The van der Waals surface area contributed by atoms with Crippen LogP contribution in [-0.2, 0) is 0 Å². The van der Waals surface area contributed by atoms with Gasteiger partial charge in [-0.3, -0.25) is 4.79 Å². The van der Waals surface area contributed by atoms with Gasteiger partial charge in [0.15, 0.2) is 5.78 Å². The topological polar surface area (TPSA) is 80.0 Å². The highest BCUT2D eigenvalue weighted by Gasteiger charge is 2.41. The van der Waals surface area contributed by atoms with Crippen LogP contribution >= 0.6 is 15.9 Å². The van der Waals surface area contributed by atoms with Gasteiger partial charge in [0.1, 0.15) is 18.3 Å². The molecule has 1 fully saturated rings. The lowest BCUT2D eigenvalue weighted by Gasteiger charge is -2.18. The fourth-order valence-corrected chi connectivity index (χ4v) is 4.79. The first-order valence-corrected chi connectivity index (χ1v) is 11.5. The molecule has 32 heavy (non-hydrogen) atoms. The maximum Gasteiger partial charge on any atom is 0.199 e. The number of ketones is 1. The van der Waals surface area contributed by atoms with Crippen LogP contribution in [0.1, 0.15) is 54.2 Å². The molecule has 0 amide bonds. The van der Waals surface area contributed by atoms with Gasteiger partial charge in [0.25, 0.3) is 0 Å². The van der Waals surface area contributed by atoms with Crippen molar-refractivity contribution in [3.63, 3.8) is 0 Å². The van der Waals surface area contributed by atoms with Crippen molar-refractivity contribution in [1.82, 2.24) is 14.5 Å². The number of nitrogens with zero attached hydrogens (tertiary/aromatic N) is 3. The van der Waals surface area contributed by atoms with Crippen molar-refractivity contribution in [3.8, 4) is 0 Å². The number of rotatable bonds is 7. The Hall–Kier alpha value is -2.58. The van der Waals surface area contributed by atoms with E-state index in [1.165, 1.54) is 12.5 Å². The largest absolute Gasteiger partial charge is 0.390 e. The van der Waals surface area contributed by atoms with Crippen molar-refractivity contribution in [2.75, 3.05) is 5.32 Å². The molecule has 8 heteroatoms. The van der Waals surface area contributed by atoms with Crippen molar-refractivity contribution in [3.05, 3.63) is 76.4 Å². The molecule has 2 heterocycles. The van der Waals surface area contributed by atoms with Crippen LogP contribution < -0.4 is 5.32 Å². The second-order valence-corrected chi connectivity index (χ2v) is 9.26. The first-order valence-electron chi connectivity index (χ1n) is 10.7. The molecule has 3 aromatic rings. The second-order valence-electron chi connectivity index (χ2n) is 8.34.